The fourth-order valence-corrected chi connectivity index (χ4v) is 0.906. The fourth-order valence-electron chi connectivity index (χ4n) is 0.448. The highest BCUT2D eigenvalue weighted by atomic mass is 79.9. The fraction of sp³-hybridized carbons (Fsp3) is 0.571. The van der Waals surface area contributed by atoms with Crippen LogP contribution in [0.4, 0.5) is 0 Å². The maximum Gasteiger partial charge on any atom is 0.174 e. The molecule has 2 N–H and O–H groups in total. The van der Waals surface area contributed by atoms with Gasteiger partial charge in [-0.3, -0.25) is 4.79 Å². The first-order chi connectivity index (χ1) is 4.46. The van der Waals surface area contributed by atoms with E-state index in [1.165, 1.54) is 0 Å². The number of carbonyl (C=O) groups is 1. The molecule has 0 spiro atoms. The Bertz CT molecular complexity index is 168. The van der Waals surface area contributed by atoms with E-state index in [9.17, 15) is 4.79 Å². The molecule has 0 fully saturated rings. The van der Waals surface area contributed by atoms with Crippen LogP contribution in [-0.4, -0.2) is 5.78 Å². The summed E-state index contributed by atoms with van der Waals surface area (Å²) < 4.78 is 0.502. The lowest BCUT2D eigenvalue weighted by molar-refractivity contribution is -0.117. The molecule has 10 heavy (non-hydrogen) atoms. The molecule has 0 aliphatic carbocycles. The quantitative estimate of drug-likeness (QED) is 0.700. The van der Waals surface area contributed by atoms with Crippen molar-refractivity contribution in [2.45, 2.75) is 20.8 Å². The summed E-state index contributed by atoms with van der Waals surface area (Å²) in [6.07, 6.45) is 0. The maximum atomic E-state index is 11.1. The van der Waals surface area contributed by atoms with Crippen LogP contribution in [0.1, 0.15) is 20.8 Å². The molecule has 0 aromatic heterocycles. The second-order valence-electron chi connectivity index (χ2n) is 2.52. The van der Waals surface area contributed by atoms with Crippen molar-refractivity contribution in [3.63, 3.8) is 0 Å². The summed E-state index contributed by atoms with van der Waals surface area (Å²) >= 11 is 3.11. The van der Waals surface area contributed by atoms with Gasteiger partial charge in [0.05, 0.1) is 4.48 Å². The highest BCUT2D eigenvalue weighted by Crippen LogP contribution is 2.14. The minimum atomic E-state index is 0.00729. The van der Waals surface area contributed by atoms with Crippen molar-refractivity contribution in [3.8, 4) is 0 Å². The third kappa shape index (κ3) is 2.52. The number of carbonyl (C=O) groups excluding carboxylic acids is 1. The number of allylic oxidation sites excluding steroid dienone is 2. The minimum absolute atomic E-state index is 0.00729. The van der Waals surface area contributed by atoms with Crippen LogP contribution in [0.3, 0.4) is 0 Å². The molecule has 0 aromatic rings. The Morgan fingerprint density at radius 3 is 2.00 bits per heavy atom. The van der Waals surface area contributed by atoms with Gasteiger partial charge in [-0.15, -0.1) is 0 Å². The van der Waals surface area contributed by atoms with E-state index in [1.54, 1.807) is 6.92 Å². The molecule has 0 unspecified atom stereocenters. The van der Waals surface area contributed by atoms with E-state index in [0.29, 0.717) is 10.2 Å². The van der Waals surface area contributed by atoms with Crippen molar-refractivity contribution >= 4 is 21.7 Å². The predicted octanol–water partition coefficient (Wildman–Crippen LogP) is 1.80. The van der Waals surface area contributed by atoms with E-state index in [0.717, 1.165) is 0 Å². The number of nitrogens with two attached hydrogens (primary N) is 1. The Morgan fingerprint density at radius 2 is 1.90 bits per heavy atom. The molecule has 0 bridgehead atoms. The highest BCUT2D eigenvalue weighted by molar-refractivity contribution is 9.12. The first-order valence-corrected chi connectivity index (χ1v) is 3.92. The van der Waals surface area contributed by atoms with Gasteiger partial charge < -0.3 is 5.73 Å². The zero-order chi connectivity index (χ0) is 8.31. The lowest BCUT2D eigenvalue weighted by atomic mass is 10.1. The van der Waals surface area contributed by atoms with E-state index in [4.69, 9.17) is 5.73 Å². The number of Topliss-reactive ketones (excluding diaryl/α,β-unsaturated/α-hetero) is 1. The van der Waals surface area contributed by atoms with E-state index in [1.807, 2.05) is 13.8 Å². The smallest absolute Gasteiger partial charge is 0.174 e. The molecule has 0 aromatic carbocycles. The van der Waals surface area contributed by atoms with Crippen molar-refractivity contribution in [2.24, 2.45) is 11.7 Å². The van der Waals surface area contributed by atoms with E-state index >= 15 is 0 Å². The summed E-state index contributed by atoms with van der Waals surface area (Å²) in [5, 5.41) is 0. The first-order valence-electron chi connectivity index (χ1n) is 3.13. The topological polar surface area (TPSA) is 43.1 Å². The molecule has 0 aliphatic rings. The molecular weight excluding hydrogens is 194 g/mol. The molecule has 0 heterocycles. The number of halogens is 1. The van der Waals surface area contributed by atoms with E-state index in [-0.39, 0.29) is 11.7 Å². The number of ketones is 1. The van der Waals surface area contributed by atoms with Gasteiger partial charge in [0, 0.05) is 11.6 Å². The van der Waals surface area contributed by atoms with Gasteiger partial charge in [0.15, 0.2) is 5.78 Å². The van der Waals surface area contributed by atoms with Gasteiger partial charge in [-0.25, -0.2) is 0 Å². The molecule has 0 amide bonds. The third-order valence-electron chi connectivity index (χ3n) is 1.09. The molecule has 2 nitrogen and oxygen atoms in total. The van der Waals surface area contributed by atoms with Gasteiger partial charge in [0.25, 0.3) is 0 Å². The standard InChI is InChI=1S/C7H12BrNO/c1-4(2)7(10)6(8)5(3)9/h4H,9H2,1-3H3/b6-5+. The largest absolute Gasteiger partial charge is 0.401 e. The second-order valence-corrected chi connectivity index (χ2v) is 3.31. The summed E-state index contributed by atoms with van der Waals surface area (Å²) in [5.74, 6) is 0.0628. The van der Waals surface area contributed by atoms with Crippen molar-refractivity contribution in [1.29, 1.82) is 0 Å². The van der Waals surface area contributed by atoms with Crippen molar-refractivity contribution in [1.82, 2.24) is 0 Å². The van der Waals surface area contributed by atoms with Gasteiger partial charge in [-0.1, -0.05) is 13.8 Å². The molecule has 58 valence electrons. The van der Waals surface area contributed by atoms with Gasteiger partial charge in [0.1, 0.15) is 0 Å². The van der Waals surface area contributed by atoms with Gasteiger partial charge in [-0.2, -0.15) is 0 Å². The predicted molar refractivity (Wildman–Crippen MR) is 45.7 cm³/mol. The summed E-state index contributed by atoms with van der Waals surface area (Å²) in [7, 11) is 0. The van der Waals surface area contributed by atoms with E-state index in [2.05, 4.69) is 15.9 Å². The first kappa shape index (κ1) is 9.69. The Kier molecular flexibility index (Phi) is 3.64. The Labute approximate surface area is 69.6 Å². The molecule has 0 rings (SSSR count). The van der Waals surface area contributed by atoms with Gasteiger partial charge in [0.2, 0.25) is 0 Å². The van der Waals surface area contributed by atoms with Crippen molar-refractivity contribution in [3.05, 3.63) is 10.2 Å². The molecular formula is C7H12BrNO. The van der Waals surface area contributed by atoms with Crippen molar-refractivity contribution in [2.75, 3.05) is 0 Å². The average Bonchev–Trinajstić information content (AvgIpc) is 1.84. The normalized spacial score (nSPS) is 13.3. The SMILES string of the molecule is C/C(N)=C(\Br)C(=O)C(C)C. The zero-order valence-corrected chi connectivity index (χ0v) is 8.03. The summed E-state index contributed by atoms with van der Waals surface area (Å²) in [5.41, 5.74) is 5.93. The van der Waals surface area contributed by atoms with Crippen LogP contribution in [0.15, 0.2) is 10.2 Å². The zero-order valence-electron chi connectivity index (χ0n) is 6.44. The monoisotopic (exact) mass is 205 g/mol. The Hall–Kier alpha value is -0.310. The Balaban J connectivity index is 4.38. The second kappa shape index (κ2) is 3.76. The molecule has 0 saturated heterocycles. The van der Waals surface area contributed by atoms with Crippen LogP contribution in [0.2, 0.25) is 0 Å². The lowest BCUT2D eigenvalue weighted by Gasteiger charge is -2.02. The van der Waals surface area contributed by atoms with Crippen LogP contribution >= 0.6 is 15.9 Å². The molecule has 0 aliphatic heterocycles. The lowest BCUT2D eigenvalue weighted by Crippen LogP contribution is -2.10. The summed E-state index contributed by atoms with van der Waals surface area (Å²) in [6, 6.07) is 0. The summed E-state index contributed by atoms with van der Waals surface area (Å²) in [4.78, 5) is 11.1. The maximum absolute atomic E-state index is 11.1. The average molecular weight is 206 g/mol. The number of hydrogen-bond acceptors (Lipinski definition) is 2. The molecule has 3 heteroatoms. The Morgan fingerprint density at radius 1 is 1.50 bits per heavy atom. The van der Waals surface area contributed by atoms with E-state index < -0.39 is 0 Å². The molecule has 0 saturated carbocycles. The van der Waals surface area contributed by atoms with Gasteiger partial charge in [-0.05, 0) is 22.9 Å². The molecule has 0 atom stereocenters. The van der Waals surface area contributed by atoms with Crippen LogP contribution in [-0.2, 0) is 4.79 Å². The third-order valence-corrected chi connectivity index (χ3v) is 2.10. The number of rotatable bonds is 2. The number of hydrogen-bond donors (Lipinski definition) is 1. The minimum Gasteiger partial charge on any atom is -0.401 e. The molecule has 0 radical (unpaired) electrons. The summed E-state index contributed by atoms with van der Waals surface area (Å²) in [6.45, 7) is 5.38. The van der Waals surface area contributed by atoms with Crippen LogP contribution in [0.25, 0.3) is 0 Å². The van der Waals surface area contributed by atoms with Crippen molar-refractivity contribution < 1.29 is 4.79 Å². The van der Waals surface area contributed by atoms with Crippen LogP contribution in [0.5, 0.6) is 0 Å². The van der Waals surface area contributed by atoms with Crippen LogP contribution in [0, 0.1) is 5.92 Å². The highest BCUT2D eigenvalue weighted by Gasteiger charge is 2.11. The van der Waals surface area contributed by atoms with Gasteiger partial charge >= 0.3 is 0 Å². The van der Waals surface area contributed by atoms with Crippen LogP contribution < -0.4 is 5.73 Å².